The van der Waals surface area contributed by atoms with Gasteiger partial charge in [-0.05, 0) is 32.7 Å². The monoisotopic (exact) mass is 250 g/mol. The zero-order valence-corrected chi connectivity index (χ0v) is 11.0. The molecule has 2 aliphatic heterocycles. The van der Waals surface area contributed by atoms with Crippen molar-refractivity contribution in [1.29, 1.82) is 5.26 Å². The second-order valence-electron chi connectivity index (χ2n) is 5.44. The van der Waals surface area contributed by atoms with Crippen molar-refractivity contribution in [2.24, 2.45) is 0 Å². The lowest BCUT2D eigenvalue weighted by Crippen LogP contribution is -2.49. The van der Waals surface area contributed by atoms with Crippen LogP contribution in [0.1, 0.15) is 32.1 Å². The van der Waals surface area contributed by atoms with Gasteiger partial charge in [0.25, 0.3) is 0 Å². The summed E-state index contributed by atoms with van der Waals surface area (Å²) < 4.78 is 0. The summed E-state index contributed by atoms with van der Waals surface area (Å²) in [6.45, 7) is 0.899. The molecule has 0 aromatic heterocycles. The molecule has 2 N–H and O–H groups in total. The molecule has 1 amide bonds. The molecular weight excluding hydrogens is 228 g/mol. The molecule has 2 heterocycles. The van der Waals surface area contributed by atoms with Crippen molar-refractivity contribution in [3.8, 4) is 6.07 Å². The van der Waals surface area contributed by atoms with Crippen molar-refractivity contribution in [2.75, 3.05) is 20.1 Å². The van der Waals surface area contributed by atoms with Gasteiger partial charge >= 0.3 is 0 Å². The number of fused-ring (bicyclic) bond motifs is 2. The average molecular weight is 250 g/mol. The highest BCUT2D eigenvalue weighted by Gasteiger charge is 2.35. The molecule has 2 fully saturated rings. The van der Waals surface area contributed by atoms with E-state index in [2.05, 4.69) is 15.5 Å². The molecule has 18 heavy (non-hydrogen) atoms. The van der Waals surface area contributed by atoms with Crippen molar-refractivity contribution >= 4 is 5.91 Å². The van der Waals surface area contributed by atoms with Gasteiger partial charge in [-0.3, -0.25) is 9.69 Å². The Kier molecular flexibility index (Phi) is 4.56. The summed E-state index contributed by atoms with van der Waals surface area (Å²) in [5.74, 6) is 0.0265. The lowest BCUT2D eigenvalue weighted by Gasteiger charge is -2.35. The maximum Gasteiger partial charge on any atom is 0.234 e. The number of hydrogen-bond donors (Lipinski definition) is 2. The Morgan fingerprint density at radius 2 is 2.11 bits per heavy atom. The van der Waals surface area contributed by atoms with Gasteiger partial charge < -0.3 is 10.6 Å². The fourth-order valence-corrected chi connectivity index (χ4v) is 3.06. The summed E-state index contributed by atoms with van der Waals surface area (Å²) in [4.78, 5) is 13.8. The van der Waals surface area contributed by atoms with Crippen molar-refractivity contribution in [2.45, 2.75) is 50.2 Å². The van der Waals surface area contributed by atoms with Gasteiger partial charge in [-0.1, -0.05) is 0 Å². The highest BCUT2D eigenvalue weighted by atomic mass is 16.2. The summed E-state index contributed by atoms with van der Waals surface area (Å²) in [6.07, 6.45) is 5.25. The fourth-order valence-electron chi connectivity index (χ4n) is 3.06. The van der Waals surface area contributed by atoms with Crippen LogP contribution in [0.5, 0.6) is 0 Å². The van der Waals surface area contributed by atoms with Crippen LogP contribution in [0.4, 0.5) is 0 Å². The molecule has 2 rings (SSSR count). The first-order chi connectivity index (χ1) is 8.69. The van der Waals surface area contributed by atoms with Crippen LogP contribution in [-0.2, 0) is 4.79 Å². The van der Waals surface area contributed by atoms with Crippen molar-refractivity contribution in [3.63, 3.8) is 0 Å². The first-order valence-electron chi connectivity index (χ1n) is 6.79. The molecule has 2 saturated heterocycles. The van der Waals surface area contributed by atoms with Crippen LogP contribution in [0.3, 0.4) is 0 Å². The van der Waals surface area contributed by atoms with Crippen LogP contribution in [0.15, 0.2) is 0 Å². The van der Waals surface area contributed by atoms with Crippen LogP contribution in [0.2, 0.25) is 0 Å². The van der Waals surface area contributed by atoms with Gasteiger partial charge in [-0.25, -0.2) is 0 Å². The molecule has 0 aromatic carbocycles. The zero-order chi connectivity index (χ0) is 13.0. The molecule has 0 saturated carbocycles. The van der Waals surface area contributed by atoms with Crippen molar-refractivity contribution in [1.82, 2.24) is 15.5 Å². The van der Waals surface area contributed by atoms with Crippen LogP contribution >= 0.6 is 0 Å². The van der Waals surface area contributed by atoms with Gasteiger partial charge in [0.15, 0.2) is 0 Å². The predicted molar refractivity (Wildman–Crippen MR) is 68.8 cm³/mol. The number of nitrogens with zero attached hydrogens (tertiary/aromatic N) is 2. The van der Waals surface area contributed by atoms with E-state index in [-0.39, 0.29) is 5.91 Å². The van der Waals surface area contributed by atoms with Gasteiger partial charge in [0.1, 0.15) is 0 Å². The number of likely N-dealkylation sites (N-methyl/N-ethyl adjacent to an activating group) is 1. The summed E-state index contributed by atoms with van der Waals surface area (Å²) in [6, 6.07) is 3.84. The SMILES string of the molecule is CN(CC(=O)NCCC#N)C1CC2CCC(C1)N2. The van der Waals surface area contributed by atoms with Crippen LogP contribution in [0, 0.1) is 11.3 Å². The van der Waals surface area contributed by atoms with E-state index in [9.17, 15) is 4.79 Å². The van der Waals surface area contributed by atoms with E-state index in [1.165, 1.54) is 12.8 Å². The number of carbonyl (C=O) groups excluding carboxylic acids is 1. The maximum absolute atomic E-state index is 11.7. The lowest BCUT2D eigenvalue weighted by atomic mass is 9.98. The second-order valence-corrected chi connectivity index (χ2v) is 5.44. The fraction of sp³-hybridized carbons (Fsp3) is 0.846. The quantitative estimate of drug-likeness (QED) is 0.685. The van der Waals surface area contributed by atoms with E-state index < -0.39 is 0 Å². The molecular formula is C13H22N4O. The Morgan fingerprint density at radius 3 is 2.72 bits per heavy atom. The molecule has 0 radical (unpaired) electrons. The highest BCUT2D eigenvalue weighted by Crippen LogP contribution is 2.28. The second kappa shape index (κ2) is 6.17. The Labute approximate surface area is 109 Å². The van der Waals surface area contributed by atoms with Crippen molar-refractivity contribution < 1.29 is 4.79 Å². The average Bonchev–Trinajstić information content (AvgIpc) is 2.68. The van der Waals surface area contributed by atoms with Gasteiger partial charge in [0, 0.05) is 24.7 Å². The Hall–Kier alpha value is -1.12. The van der Waals surface area contributed by atoms with E-state index in [1.54, 1.807) is 0 Å². The summed E-state index contributed by atoms with van der Waals surface area (Å²) in [7, 11) is 2.03. The number of piperidine rings is 1. The molecule has 0 aliphatic carbocycles. The van der Waals surface area contributed by atoms with E-state index in [4.69, 9.17) is 5.26 Å². The topological polar surface area (TPSA) is 68.2 Å². The number of carbonyl (C=O) groups is 1. The minimum atomic E-state index is 0.0265. The summed E-state index contributed by atoms with van der Waals surface area (Å²) in [5, 5.41) is 14.8. The maximum atomic E-state index is 11.7. The molecule has 100 valence electrons. The molecule has 2 bridgehead atoms. The Morgan fingerprint density at radius 1 is 1.44 bits per heavy atom. The molecule has 2 aliphatic rings. The minimum Gasteiger partial charge on any atom is -0.354 e. The van der Waals surface area contributed by atoms with Crippen LogP contribution in [0.25, 0.3) is 0 Å². The predicted octanol–water partition coefficient (Wildman–Crippen LogP) is 0.231. The lowest BCUT2D eigenvalue weighted by molar-refractivity contribution is -0.122. The number of rotatable bonds is 5. The Bertz CT molecular complexity index is 326. The molecule has 0 spiro atoms. The molecule has 5 nitrogen and oxygen atoms in total. The molecule has 0 aromatic rings. The normalized spacial score (nSPS) is 30.2. The third-order valence-corrected chi connectivity index (χ3v) is 4.02. The molecule has 2 unspecified atom stereocenters. The Balaban J connectivity index is 1.72. The summed E-state index contributed by atoms with van der Waals surface area (Å²) >= 11 is 0. The smallest absolute Gasteiger partial charge is 0.234 e. The van der Waals surface area contributed by atoms with Gasteiger partial charge in [0.05, 0.1) is 19.0 Å². The number of nitriles is 1. The number of hydrogen-bond acceptors (Lipinski definition) is 4. The van der Waals surface area contributed by atoms with Crippen LogP contribution in [-0.4, -0.2) is 49.1 Å². The van der Waals surface area contributed by atoms with E-state index >= 15 is 0 Å². The standard InChI is InChI=1S/C13H22N4O/c1-17(9-13(18)15-6-2-5-14)12-7-10-3-4-11(8-12)16-10/h10-12,16H,2-4,6-9H2,1H3,(H,15,18). The third-order valence-electron chi connectivity index (χ3n) is 4.02. The molecule has 2 atom stereocenters. The number of nitrogens with one attached hydrogen (secondary N) is 2. The van der Waals surface area contributed by atoms with E-state index in [0.717, 1.165) is 12.8 Å². The van der Waals surface area contributed by atoms with Gasteiger partial charge in [-0.2, -0.15) is 5.26 Å². The highest BCUT2D eigenvalue weighted by molar-refractivity contribution is 5.78. The first kappa shape index (κ1) is 13.3. The van der Waals surface area contributed by atoms with Gasteiger partial charge in [-0.15, -0.1) is 0 Å². The zero-order valence-electron chi connectivity index (χ0n) is 11.0. The van der Waals surface area contributed by atoms with Crippen LogP contribution < -0.4 is 10.6 Å². The third kappa shape index (κ3) is 3.44. The largest absolute Gasteiger partial charge is 0.354 e. The van der Waals surface area contributed by atoms with E-state index in [0.29, 0.717) is 37.6 Å². The van der Waals surface area contributed by atoms with E-state index in [1.807, 2.05) is 13.1 Å². The minimum absolute atomic E-state index is 0.0265. The number of amides is 1. The molecule has 5 heteroatoms. The first-order valence-corrected chi connectivity index (χ1v) is 6.79. The summed E-state index contributed by atoms with van der Waals surface area (Å²) in [5.41, 5.74) is 0. The van der Waals surface area contributed by atoms with Gasteiger partial charge in [0.2, 0.25) is 5.91 Å². The van der Waals surface area contributed by atoms with Crippen molar-refractivity contribution in [3.05, 3.63) is 0 Å².